The fourth-order valence-electron chi connectivity index (χ4n) is 8.44. The number of aliphatic hydroxyl groups is 7. The Morgan fingerprint density at radius 2 is 0.903 bits per heavy atom. The van der Waals surface area contributed by atoms with Crippen molar-refractivity contribution in [1.29, 1.82) is 0 Å². The van der Waals surface area contributed by atoms with E-state index in [9.17, 15) is 40.5 Å². The molecular weight excluding hydrogens is 791 g/mol. The monoisotopic (exact) mass is 890 g/mol. The normalized spacial score (nSPS) is 21.2. The highest BCUT2D eigenvalue weighted by atomic mass is 16.7. The van der Waals surface area contributed by atoms with E-state index in [4.69, 9.17) is 14.2 Å². The predicted octanol–water partition coefficient (Wildman–Crippen LogP) is 8.69. The van der Waals surface area contributed by atoms with Crippen LogP contribution in [0.15, 0.2) is 0 Å². The number of hydrogen-bond donors (Lipinski definition) is 8. The zero-order valence-corrected chi connectivity index (χ0v) is 39.8. The molecule has 1 aliphatic heterocycles. The number of aliphatic hydroxyl groups excluding tert-OH is 7. The van der Waals surface area contributed by atoms with Crippen LogP contribution in [0, 0.1) is 0 Å². The molecule has 0 bridgehead atoms. The summed E-state index contributed by atoms with van der Waals surface area (Å²) >= 11 is 0. The average molecular weight is 890 g/mol. The van der Waals surface area contributed by atoms with Gasteiger partial charge in [0, 0.05) is 13.0 Å². The van der Waals surface area contributed by atoms with Crippen molar-refractivity contribution in [3.05, 3.63) is 0 Å². The Morgan fingerprint density at radius 1 is 0.516 bits per heavy atom. The van der Waals surface area contributed by atoms with E-state index in [1.54, 1.807) is 0 Å². The van der Waals surface area contributed by atoms with Gasteiger partial charge in [0.05, 0.1) is 25.9 Å². The minimum atomic E-state index is -1.69. The minimum Gasteiger partial charge on any atom is -0.394 e. The molecule has 62 heavy (non-hydrogen) atoms. The number of nitrogens with one attached hydrogen (secondary N) is 1. The van der Waals surface area contributed by atoms with Crippen LogP contribution in [-0.2, 0) is 19.0 Å². The van der Waals surface area contributed by atoms with Gasteiger partial charge in [-0.25, -0.2) is 0 Å². The lowest BCUT2D eigenvalue weighted by Crippen LogP contribution is -2.60. The van der Waals surface area contributed by atoms with Gasteiger partial charge in [0.25, 0.3) is 0 Å². The summed E-state index contributed by atoms with van der Waals surface area (Å²) in [5.41, 5.74) is 0. The second kappa shape index (κ2) is 41.5. The average Bonchev–Trinajstić information content (AvgIpc) is 3.27. The van der Waals surface area contributed by atoms with Gasteiger partial charge in [0.15, 0.2) is 6.29 Å². The van der Waals surface area contributed by atoms with Gasteiger partial charge in [0.1, 0.15) is 42.7 Å². The maximum atomic E-state index is 13.0. The van der Waals surface area contributed by atoms with Crippen LogP contribution >= 0.6 is 0 Å². The first kappa shape index (κ1) is 59.1. The third-order valence-electron chi connectivity index (χ3n) is 12.7. The van der Waals surface area contributed by atoms with Crippen molar-refractivity contribution in [2.45, 2.75) is 287 Å². The molecule has 1 aliphatic rings. The summed E-state index contributed by atoms with van der Waals surface area (Å²) in [5.74, 6) is -0.367. The number of carbonyl (C=O) groups is 1. The summed E-state index contributed by atoms with van der Waals surface area (Å²) in [4.78, 5) is 13.0. The van der Waals surface area contributed by atoms with Crippen molar-refractivity contribution in [3.63, 3.8) is 0 Å². The molecule has 370 valence electrons. The van der Waals surface area contributed by atoms with Gasteiger partial charge in [-0.3, -0.25) is 4.79 Å². The van der Waals surface area contributed by atoms with Crippen molar-refractivity contribution in [2.75, 3.05) is 26.4 Å². The molecule has 8 N–H and O–H groups in total. The molecule has 12 nitrogen and oxygen atoms in total. The predicted molar refractivity (Wildman–Crippen MR) is 249 cm³/mol. The van der Waals surface area contributed by atoms with E-state index < -0.39 is 68.3 Å². The maximum Gasteiger partial charge on any atom is 0.220 e. The number of hydrogen-bond acceptors (Lipinski definition) is 11. The zero-order chi connectivity index (χ0) is 45.5. The maximum absolute atomic E-state index is 13.0. The first-order chi connectivity index (χ1) is 30.2. The molecular formula is C50H99NO11. The highest BCUT2D eigenvalue weighted by Crippen LogP contribution is 2.23. The summed E-state index contributed by atoms with van der Waals surface area (Å²) < 4.78 is 16.7. The van der Waals surface area contributed by atoms with Gasteiger partial charge in [-0.2, -0.15) is 0 Å². The largest absolute Gasteiger partial charge is 0.394 e. The highest BCUT2D eigenvalue weighted by Gasteiger charge is 2.44. The molecule has 0 spiro atoms. The van der Waals surface area contributed by atoms with E-state index in [0.29, 0.717) is 13.0 Å². The third-order valence-corrected chi connectivity index (χ3v) is 12.7. The Bertz CT molecular complexity index is 977. The fourth-order valence-corrected chi connectivity index (χ4v) is 8.44. The Morgan fingerprint density at radius 3 is 1.31 bits per heavy atom. The molecule has 0 aromatic carbocycles. The Balaban J connectivity index is 2.32. The van der Waals surface area contributed by atoms with Crippen molar-refractivity contribution in [3.8, 4) is 0 Å². The van der Waals surface area contributed by atoms with E-state index in [2.05, 4.69) is 19.2 Å². The molecule has 0 radical (unpaired) electrons. The van der Waals surface area contributed by atoms with Crippen LogP contribution in [0.5, 0.6) is 0 Å². The van der Waals surface area contributed by atoms with Crippen LogP contribution in [0.3, 0.4) is 0 Å². The van der Waals surface area contributed by atoms with Crippen LogP contribution in [0.4, 0.5) is 0 Å². The van der Waals surface area contributed by atoms with Crippen LogP contribution in [0.2, 0.25) is 0 Å². The fraction of sp³-hybridized carbons (Fsp3) is 0.980. The smallest absolute Gasteiger partial charge is 0.220 e. The SMILES string of the molecule is CCCCCCCCCCCCCCCCCCCCCCCCCC(=O)N[C@@H](CO[C@H]1O[C@H](CO)[C@H](O)[C@H](O)[C@H]1O)[C@@H](O)[C@H](O)[C@@H](O)COCCCCCCCCCCCC. The number of rotatable bonds is 45. The lowest BCUT2D eigenvalue weighted by Gasteiger charge is -2.40. The topological polar surface area (TPSA) is 198 Å². The molecule has 9 atom stereocenters. The summed E-state index contributed by atoms with van der Waals surface area (Å²) in [6, 6.07) is -1.22. The van der Waals surface area contributed by atoms with Gasteiger partial charge in [-0.15, -0.1) is 0 Å². The first-order valence-corrected chi connectivity index (χ1v) is 26.0. The van der Waals surface area contributed by atoms with Gasteiger partial charge >= 0.3 is 0 Å². The number of carbonyl (C=O) groups excluding carboxylic acids is 1. The molecule has 0 saturated carbocycles. The molecule has 0 aromatic rings. The minimum absolute atomic E-state index is 0.197. The molecule has 1 heterocycles. The quantitative estimate of drug-likeness (QED) is 0.0272. The molecule has 1 fully saturated rings. The molecule has 12 heteroatoms. The van der Waals surface area contributed by atoms with E-state index in [1.165, 1.54) is 167 Å². The van der Waals surface area contributed by atoms with E-state index in [0.717, 1.165) is 38.5 Å². The number of amides is 1. The van der Waals surface area contributed by atoms with Gasteiger partial charge in [-0.1, -0.05) is 213 Å². The van der Waals surface area contributed by atoms with Crippen LogP contribution in [0.1, 0.15) is 232 Å². The standard InChI is InChI=1S/C50H99NO11/c1-3-5-7-9-11-13-15-16-17-18-19-20-21-22-23-24-25-26-27-28-30-32-34-36-44(54)51-41(39-61-50-49(59)48(58)47(57)43(38-52)62-50)45(55)46(56)42(53)40-60-37-35-33-31-29-14-12-10-8-6-4-2/h41-43,45-50,52-53,55-59H,3-40H2,1-2H3,(H,51,54)/t41-,42-,43+,45+,46+,47-,48-,49+,50-/m0/s1. The highest BCUT2D eigenvalue weighted by molar-refractivity contribution is 5.76. The Labute approximate surface area is 378 Å². The molecule has 1 amide bonds. The third kappa shape index (κ3) is 30.3. The van der Waals surface area contributed by atoms with Crippen LogP contribution in [-0.4, -0.2) is 123 Å². The van der Waals surface area contributed by atoms with Crippen LogP contribution < -0.4 is 5.32 Å². The lowest BCUT2D eigenvalue weighted by atomic mass is 9.99. The van der Waals surface area contributed by atoms with E-state index in [-0.39, 0.29) is 18.9 Å². The molecule has 0 aromatic heterocycles. The van der Waals surface area contributed by atoms with E-state index >= 15 is 0 Å². The van der Waals surface area contributed by atoms with Crippen molar-refractivity contribution in [2.24, 2.45) is 0 Å². The molecule has 0 unspecified atom stereocenters. The molecule has 0 aliphatic carbocycles. The van der Waals surface area contributed by atoms with Gasteiger partial charge in [0.2, 0.25) is 5.91 Å². The number of ether oxygens (including phenoxy) is 3. The first-order valence-electron chi connectivity index (χ1n) is 26.0. The second-order valence-corrected chi connectivity index (χ2v) is 18.5. The number of unbranched alkanes of at least 4 members (excludes halogenated alkanes) is 31. The summed E-state index contributed by atoms with van der Waals surface area (Å²) in [7, 11) is 0. The van der Waals surface area contributed by atoms with Crippen molar-refractivity contribution >= 4 is 5.91 Å². The second-order valence-electron chi connectivity index (χ2n) is 18.5. The van der Waals surface area contributed by atoms with Gasteiger partial charge in [-0.05, 0) is 12.8 Å². The van der Waals surface area contributed by atoms with Crippen LogP contribution in [0.25, 0.3) is 0 Å². The summed E-state index contributed by atoms with van der Waals surface area (Å²) in [6.45, 7) is 3.60. The summed E-state index contributed by atoms with van der Waals surface area (Å²) in [6.07, 6.45) is 29.2. The molecule has 1 saturated heterocycles. The zero-order valence-electron chi connectivity index (χ0n) is 39.8. The van der Waals surface area contributed by atoms with Gasteiger partial charge < -0.3 is 55.3 Å². The Hall–Kier alpha value is -0.930. The van der Waals surface area contributed by atoms with Crippen molar-refractivity contribution < 1.29 is 54.8 Å². The van der Waals surface area contributed by atoms with Crippen molar-refractivity contribution in [1.82, 2.24) is 5.32 Å². The summed E-state index contributed by atoms with van der Waals surface area (Å²) in [5, 5.41) is 75.7. The lowest BCUT2D eigenvalue weighted by molar-refractivity contribution is -0.303. The Kier molecular flexibility index (Phi) is 39.5. The van der Waals surface area contributed by atoms with E-state index in [1.807, 2.05) is 0 Å². The molecule has 1 rings (SSSR count).